The molecule has 0 fully saturated rings. The molecule has 4 nitrogen and oxygen atoms in total. The average Bonchev–Trinajstić information content (AvgIpc) is 2.52. The summed E-state index contributed by atoms with van der Waals surface area (Å²) < 4.78 is 10.7. The third-order valence-electron chi connectivity index (χ3n) is 3.24. The number of aromatic nitrogens is 1. The van der Waals surface area contributed by atoms with Crippen molar-refractivity contribution in [3.63, 3.8) is 0 Å². The summed E-state index contributed by atoms with van der Waals surface area (Å²) in [7, 11) is 3.24. The number of aliphatic hydroxyl groups is 1. The highest BCUT2D eigenvalue weighted by Crippen LogP contribution is 2.32. The summed E-state index contributed by atoms with van der Waals surface area (Å²) in [5, 5.41) is 10.2. The van der Waals surface area contributed by atoms with Crippen molar-refractivity contribution in [1.82, 2.24) is 4.98 Å². The van der Waals surface area contributed by atoms with Gasteiger partial charge in [-0.1, -0.05) is 18.2 Å². The van der Waals surface area contributed by atoms with Crippen molar-refractivity contribution in [3.05, 3.63) is 53.9 Å². The van der Waals surface area contributed by atoms with E-state index in [1.54, 1.807) is 26.6 Å². The van der Waals surface area contributed by atoms with Crippen LogP contribution in [0, 0.1) is 0 Å². The molecular weight excluding hydrogens is 254 g/mol. The Morgan fingerprint density at radius 2 is 2.00 bits per heavy atom. The fourth-order valence-electron chi connectivity index (χ4n) is 2.18. The van der Waals surface area contributed by atoms with Crippen LogP contribution in [0.5, 0.6) is 11.5 Å². The van der Waals surface area contributed by atoms with Crippen molar-refractivity contribution >= 4 is 0 Å². The van der Waals surface area contributed by atoms with Crippen molar-refractivity contribution in [1.29, 1.82) is 0 Å². The first kappa shape index (κ1) is 14.3. The van der Waals surface area contributed by atoms with E-state index in [1.807, 2.05) is 30.3 Å². The molecule has 0 saturated heterocycles. The van der Waals surface area contributed by atoms with Crippen LogP contribution in [0.3, 0.4) is 0 Å². The van der Waals surface area contributed by atoms with Gasteiger partial charge in [0.1, 0.15) is 0 Å². The molecule has 0 aliphatic heterocycles. The Morgan fingerprint density at radius 3 is 2.65 bits per heavy atom. The van der Waals surface area contributed by atoms with Gasteiger partial charge in [-0.25, -0.2) is 0 Å². The molecule has 1 heterocycles. The van der Waals surface area contributed by atoms with Gasteiger partial charge in [0.15, 0.2) is 11.5 Å². The Morgan fingerprint density at radius 1 is 1.15 bits per heavy atom. The Balaban J connectivity index is 2.07. The van der Waals surface area contributed by atoms with Gasteiger partial charge >= 0.3 is 0 Å². The zero-order valence-corrected chi connectivity index (χ0v) is 11.7. The number of nitrogens with zero attached hydrogens (tertiary/aromatic N) is 1. The monoisotopic (exact) mass is 273 g/mol. The number of hydrogen-bond acceptors (Lipinski definition) is 4. The fourth-order valence-corrected chi connectivity index (χ4v) is 2.18. The van der Waals surface area contributed by atoms with Crippen molar-refractivity contribution in [2.75, 3.05) is 14.2 Å². The first-order chi connectivity index (χ1) is 9.76. The van der Waals surface area contributed by atoms with Crippen LogP contribution in [0.1, 0.15) is 23.7 Å². The smallest absolute Gasteiger partial charge is 0.163 e. The quantitative estimate of drug-likeness (QED) is 0.879. The molecule has 0 spiro atoms. The van der Waals surface area contributed by atoms with Gasteiger partial charge in [0.2, 0.25) is 0 Å². The van der Waals surface area contributed by atoms with E-state index in [1.165, 1.54) is 0 Å². The zero-order chi connectivity index (χ0) is 14.4. The Labute approximate surface area is 119 Å². The number of ether oxygens (including phenoxy) is 2. The Bertz CT molecular complexity index is 543. The van der Waals surface area contributed by atoms with Crippen LogP contribution in [0.2, 0.25) is 0 Å². The maximum Gasteiger partial charge on any atom is 0.163 e. The largest absolute Gasteiger partial charge is 0.493 e. The van der Waals surface area contributed by atoms with Crippen molar-refractivity contribution in [2.45, 2.75) is 18.9 Å². The predicted octanol–water partition coefficient (Wildman–Crippen LogP) is 2.77. The molecular formula is C16H19NO3. The van der Waals surface area contributed by atoms with Gasteiger partial charge in [-0.2, -0.15) is 0 Å². The number of rotatable bonds is 6. The SMILES string of the molecule is COc1cccc(CCC(O)c2cccnc2)c1OC. The summed E-state index contributed by atoms with van der Waals surface area (Å²) in [6, 6.07) is 9.47. The zero-order valence-electron chi connectivity index (χ0n) is 11.7. The van der Waals surface area contributed by atoms with Crippen molar-refractivity contribution in [3.8, 4) is 11.5 Å². The lowest BCUT2D eigenvalue weighted by atomic mass is 10.0. The van der Waals surface area contributed by atoms with E-state index < -0.39 is 6.10 Å². The van der Waals surface area contributed by atoms with E-state index in [0.29, 0.717) is 18.6 Å². The number of aliphatic hydroxyl groups excluding tert-OH is 1. The van der Waals surface area contributed by atoms with Gasteiger partial charge in [-0.3, -0.25) is 4.98 Å². The molecule has 1 N–H and O–H groups in total. The average molecular weight is 273 g/mol. The van der Waals surface area contributed by atoms with Gasteiger partial charge < -0.3 is 14.6 Å². The third kappa shape index (κ3) is 3.27. The Hall–Kier alpha value is -2.07. The summed E-state index contributed by atoms with van der Waals surface area (Å²) in [5.41, 5.74) is 1.85. The number of methoxy groups -OCH3 is 2. The second-order valence-electron chi connectivity index (χ2n) is 4.49. The van der Waals surface area contributed by atoms with Crippen LogP contribution in [-0.4, -0.2) is 24.3 Å². The van der Waals surface area contributed by atoms with Gasteiger partial charge in [0, 0.05) is 12.4 Å². The van der Waals surface area contributed by atoms with E-state index in [4.69, 9.17) is 9.47 Å². The van der Waals surface area contributed by atoms with Gasteiger partial charge in [0.05, 0.1) is 20.3 Å². The first-order valence-electron chi connectivity index (χ1n) is 6.54. The normalized spacial score (nSPS) is 11.9. The molecule has 0 aliphatic carbocycles. The van der Waals surface area contributed by atoms with Gasteiger partial charge in [-0.05, 0) is 36.1 Å². The number of hydrogen-bond donors (Lipinski definition) is 1. The highest BCUT2D eigenvalue weighted by Gasteiger charge is 2.12. The third-order valence-corrected chi connectivity index (χ3v) is 3.24. The fraction of sp³-hybridized carbons (Fsp3) is 0.312. The summed E-state index contributed by atoms with van der Waals surface area (Å²) >= 11 is 0. The van der Waals surface area contributed by atoms with Crippen LogP contribution >= 0.6 is 0 Å². The molecule has 0 saturated carbocycles. The Kier molecular flexibility index (Phi) is 4.96. The minimum atomic E-state index is -0.528. The molecule has 2 rings (SSSR count). The van der Waals surface area contributed by atoms with Crippen molar-refractivity contribution < 1.29 is 14.6 Å². The van der Waals surface area contributed by atoms with E-state index in [-0.39, 0.29) is 0 Å². The van der Waals surface area contributed by atoms with Gasteiger partial charge in [-0.15, -0.1) is 0 Å². The summed E-state index contributed by atoms with van der Waals surface area (Å²) in [6.07, 6.45) is 4.17. The molecule has 0 radical (unpaired) electrons. The highest BCUT2D eigenvalue weighted by atomic mass is 16.5. The predicted molar refractivity (Wildman–Crippen MR) is 77.1 cm³/mol. The molecule has 4 heteroatoms. The highest BCUT2D eigenvalue weighted by molar-refractivity contribution is 5.46. The molecule has 1 aromatic carbocycles. The summed E-state index contributed by atoms with van der Waals surface area (Å²) in [5.74, 6) is 1.44. The number of aryl methyl sites for hydroxylation is 1. The van der Waals surface area contributed by atoms with Crippen molar-refractivity contribution in [2.24, 2.45) is 0 Å². The van der Waals surface area contributed by atoms with E-state index >= 15 is 0 Å². The van der Waals surface area contributed by atoms with E-state index in [9.17, 15) is 5.11 Å². The molecule has 20 heavy (non-hydrogen) atoms. The van der Waals surface area contributed by atoms with Crippen LogP contribution in [0.25, 0.3) is 0 Å². The lowest BCUT2D eigenvalue weighted by Gasteiger charge is -2.14. The molecule has 0 aliphatic rings. The summed E-state index contributed by atoms with van der Waals surface area (Å²) in [6.45, 7) is 0. The number of benzene rings is 1. The first-order valence-corrected chi connectivity index (χ1v) is 6.54. The minimum Gasteiger partial charge on any atom is -0.493 e. The lowest BCUT2D eigenvalue weighted by Crippen LogP contribution is -2.02. The molecule has 1 atom stereocenters. The van der Waals surface area contributed by atoms with Crippen LogP contribution in [0.15, 0.2) is 42.7 Å². The van der Waals surface area contributed by atoms with Gasteiger partial charge in [0.25, 0.3) is 0 Å². The number of pyridine rings is 1. The minimum absolute atomic E-state index is 0.528. The number of para-hydroxylation sites is 1. The topological polar surface area (TPSA) is 51.6 Å². The van der Waals surface area contributed by atoms with Crippen LogP contribution in [-0.2, 0) is 6.42 Å². The molecule has 0 bridgehead atoms. The van der Waals surface area contributed by atoms with Crippen LogP contribution in [0.4, 0.5) is 0 Å². The van der Waals surface area contributed by atoms with E-state index in [0.717, 1.165) is 16.9 Å². The summed E-state index contributed by atoms with van der Waals surface area (Å²) in [4.78, 5) is 4.02. The second kappa shape index (κ2) is 6.91. The lowest BCUT2D eigenvalue weighted by molar-refractivity contribution is 0.167. The molecule has 1 aromatic heterocycles. The molecule has 0 amide bonds. The van der Waals surface area contributed by atoms with Crippen LogP contribution < -0.4 is 9.47 Å². The molecule has 2 aromatic rings. The molecule has 106 valence electrons. The standard InChI is InChI=1S/C16H19NO3/c1-19-15-7-3-5-12(16(15)20-2)8-9-14(18)13-6-4-10-17-11-13/h3-7,10-11,14,18H,8-9H2,1-2H3. The molecule has 1 unspecified atom stereocenters. The maximum absolute atomic E-state index is 10.2. The maximum atomic E-state index is 10.2. The second-order valence-corrected chi connectivity index (χ2v) is 4.49. The van der Waals surface area contributed by atoms with E-state index in [2.05, 4.69) is 4.98 Å².